The van der Waals surface area contributed by atoms with Crippen LogP contribution in [0.1, 0.15) is 12.8 Å². The molecule has 0 aliphatic heterocycles. The quantitative estimate of drug-likeness (QED) is 0.412. The van der Waals surface area contributed by atoms with E-state index in [1.165, 1.54) is 12.8 Å². The first-order chi connectivity index (χ1) is 3.95. The predicted molar refractivity (Wildman–Crippen MR) is 32.4 cm³/mol. The standard InChI is InChI=1S/C8H8/c1-2-6-3-5(1)7-4-8(6)7/h1-2,5-6H,3-4H2/t5-,6+. The lowest BCUT2D eigenvalue weighted by atomic mass is 10.0. The van der Waals surface area contributed by atoms with Gasteiger partial charge in [-0.25, -0.2) is 0 Å². The zero-order chi connectivity index (χ0) is 5.14. The first-order valence-corrected chi connectivity index (χ1v) is 3.35. The molecule has 0 spiro atoms. The molecule has 0 aromatic heterocycles. The van der Waals surface area contributed by atoms with Gasteiger partial charge in [0.25, 0.3) is 0 Å². The number of fused-ring (bicyclic) bond motifs is 4. The summed E-state index contributed by atoms with van der Waals surface area (Å²) in [5.74, 6) is 1.82. The minimum absolute atomic E-state index is 0.912. The summed E-state index contributed by atoms with van der Waals surface area (Å²) >= 11 is 0. The van der Waals surface area contributed by atoms with E-state index in [-0.39, 0.29) is 0 Å². The fraction of sp³-hybridized carbons (Fsp3) is 0.500. The molecule has 0 saturated heterocycles. The highest BCUT2D eigenvalue weighted by atomic mass is 14.5. The Hall–Kier alpha value is -0.520. The van der Waals surface area contributed by atoms with E-state index in [0.29, 0.717) is 0 Å². The lowest BCUT2D eigenvalue weighted by Gasteiger charge is -2.00. The Morgan fingerprint density at radius 3 is 2.12 bits per heavy atom. The third-order valence-corrected chi connectivity index (χ3v) is 2.65. The fourth-order valence-electron chi connectivity index (χ4n) is 2.12. The first-order valence-electron chi connectivity index (χ1n) is 3.35. The Labute approximate surface area is 48.9 Å². The van der Waals surface area contributed by atoms with Crippen molar-refractivity contribution in [1.82, 2.24) is 0 Å². The van der Waals surface area contributed by atoms with Crippen molar-refractivity contribution in [2.24, 2.45) is 11.8 Å². The Kier molecular flexibility index (Phi) is 0.355. The van der Waals surface area contributed by atoms with Gasteiger partial charge in [0.05, 0.1) is 0 Å². The lowest BCUT2D eigenvalue weighted by Crippen LogP contribution is -1.90. The van der Waals surface area contributed by atoms with Gasteiger partial charge in [0.2, 0.25) is 0 Å². The molecular weight excluding hydrogens is 96.1 g/mol. The van der Waals surface area contributed by atoms with Crippen LogP contribution in [0.25, 0.3) is 0 Å². The van der Waals surface area contributed by atoms with Gasteiger partial charge in [-0.05, 0) is 24.7 Å². The average Bonchev–Trinajstić information content (AvgIpc) is 2.39. The van der Waals surface area contributed by atoms with Crippen molar-refractivity contribution in [3.05, 3.63) is 23.3 Å². The summed E-state index contributed by atoms with van der Waals surface area (Å²) in [7, 11) is 0. The van der Waals surface area contributed by atoms with Crippen molar-refractivity contribution >= 4 is 0 Å². The van der Waals surface area contributed by atoms with E-state index in [1.807, 2.05) is 0 Å². The zero-order valence-corrected chi connectivity index (χ0v) is 4.72. The molecule has 3 aliphatic carbocycles. The molecule has 0 N–H and O–H groups in total. The summed E-state index contributed by atoms with van der Waals surface area (Å²) in [5, 5.41) is 0. The summed E-state index contributed by atoms with van der Waals surface area (Å²) in [6.07, 6.45) is 7.60. The summed E-state index contributed by atoms with van der Waals surface area (Å²) in [6, 6.07) is 0. The van der Waals surface area contributed by atoms with Gasteiger partial charge in [0.1, 0.15) is 0 Å². The van der Waals surface area contributed by atoms with Crippen molar-refractivity contribution in [3.63, 3.8) is 0 Å². The molecule has 40 valence electrons. The van der Waals surface area contributed by atoms with Crippen LogP contribution < -0.4 is 0 Å². The fourth-order valence-corrected chi connectivity index (χ4v) is 2.12. The van der Waals surface area contributed by atoms with Gasteiger partial charge in [0, 0.05) is 0 Å². The molecule has 0 saturated carbocycles. The summed E-state index contributed by atoms with van der Waals surface area (Å²) < 4.78 is 0. The van der Waals surface area contributed by atoms with Gasteiger partial charge < -0.3 is 0 Å². The largest absolute Gasteiger partial charge is 0.0807 e. The molecule has 0 aromatic rings. The molecule has 3 rings (SSSR count). The molecular formula is C8H8. The Bertz CT molecular complexity index is 188. The molecule has 2 atom stereocenters. The second kappa shape index (κ2) is 0.812. The molecule has 8 heavy (non-hydrogen) atoms. The van der Waals surface area contributed by atoms with Crippen molar-refractivity contribution < 1.29 is 0 Å². The molecule has 3 aliphatic rings. The van der Waals surface area contributed by atoms with Gasteiger partial charge in [-0.15, -0.1) is 0 Å². The molecule has 0 heterocycles. The third kappa shape index (κ3) is 0.218. The van der Waals surface area contributed by atoms with Crippen LogP contribution in [-0.4, -0.2) is 0 Å². The Morgan fingerprint density at radius 2 is 1.75 bits per heavy atom. The van der Waals surface area contributed by atoms with Crippen LogP contribution in [0, 0.1) is 11.8 Å². The van der Waals surface area contributed by atoms with Gasteiger partial charge in [-0.1, -0.05) is 23.3 Å². The maximum atomic E-state index is 2.39. The monoisotopic (exact) mass is 104 g/mol. The van der Waals surface area contributed by atoms with E-state index in [4.69, 9.17) is 0 Å². The molecule has 0 amide bonds. The minimum Gasteiger partial charge on any atom is -0.0807 e. The molecule has 0 fully saturated rings. The number of hydrogen-bond donors (Lipinski definition) is 0. The highest BCUT2D eigenvalue weighted by Crippen LogP contribution is 2.57. The first kappa shape index (κ1) is 3.49. The van der Waals surface area contributed by atoms with Crippen molar-refractivity contribution in [1.29, 1.82) is 0 Å². The number of rotatable bonds is 0. The number of allylic oxidation sites excluding steroid dienone is 4. The van der Waals surface area contributed by atoms with E-state index < -0.39 is 0 Å². The van der Waals surface area contributed by atoms with Crippen molar-refractivity contribution in [3.8, 4) is 0 Å². The minimum atomic E-state index is 0.912. The maximum absolute atomic E-state index is 2.39. The summed E-state index contributed by atoms with van der Waals surface area (Å²) in [5.41, 5.74) is 3.58. The molecule has 0 heteroatoms. The van der Waals surface area contributed by atoms with Crippen LogP contribution in [0.3, 0.4) is 0 Å². The molecule has 2 bridgehead atoms. The normalized spacial score (nSPS) is 46.0. The van der Waals surface area contributed by atoms with Crippen LogP contribution in [0.2, 0.25) is 0 Å². The van der Waals surface area contributed by atoms with Gasteiger partial charge in [0.15, 0.2) is 0 Å². The van der Waals surface area contributed by atoms with Crippen LogP contribution in [0.4, 0.5) is 0 Å². The van der Waals surface area contributed by atoms with E-state index >= 15 is 0 Å². The molecule has 0 unspecified atom stereocenters. The van der Waals surface area contributed by atoms with E-state index in [9.17, 15) is 0 Å². The van der Waals surface area contributed by atoms with E-state index in [1.54, 1.807) is 11.1 Å². The van der Waals surface area contributed by atoms with Gasteiger partial charge in [-0.2, -0.15) is 0 Å². The van der Waals surface area contributed by atoms with Gasteiger partial charge >= 0.3 is 0 Å². The van der Waals surface area contributed by atoms with Gasteiger partial charge in [-0.3, -0.25) is 0 Å². The SMILES string of the molecule is C1=C[C@H]2C[C@@H]1C1=C2C1. The average molecular weight is 104 g/mol. The summed E-state index contributed by atoms with van der Waals surface area (Å²) in [6.45, 7) is 0. The highest BCUT2D eigenvalue weighted by molar-refractivity contribution is 5.51. The highest BCUT2D eigenvalue weighted by Gasteiger charge is 2.43. The maximum Gasteiger partial charge on any atom is -0.000815 e. The summed E-state index contributed by atoms with van der Waals surface area (Å²) in [4.78, 5) is 0. The molecule has 0 aromatic carbocycles. The van der Waals surface area contributed by atoms with E-state index in [2.05, 4.69) is 12.2 Å². The van der Waals surface area contributed by atoms with E-state index in [0.717, 1.165) is 11.8 Å². The van der Waals surface area contributed by atoms with Crippen LogP contribution in [-0.2, 0) is 0 Å². The zero-order valence-electron chi connectivity index (χ0n) is 4.72. The topological polar surface area (TPSA) is 0 Å². The third-order valence-electron chi connectivity index (χ3n) is 2.65. The second-order valence-electron chi connectivity index (χ2n) is 3.06. The smallest absolute Gasteiger partial charge is 0.000815 e. The van der Waals surface area contributed by atoms with Crippen molar-refractivity contribution in [2.45, 2.75) is 12.8 Å². The second-order valence-corrected chi connectivity index (χ2v) is 3.06. The molecule has 0 nitrogen and oxygen atoms in total. The van der Waals surface area contributed by atoms with Crippen LogP contribution >= 0.6 is 0 Å². The molecule has 0 radical (unpaired) electrons. The van der Waals surface area contributed by atoms with Crippen molar-refractivity contribution in [2.75, 3.05) is 0 Å². The Morgan fingerprint density at radius 1 is 1.12 bits per heavy atom. The predicted octanol–water partition coefficient (Wildman–Crippen LogP) is 1.89. The Balaban J connectivity index is 2.21. The van der Waals surface area contributed by atoms with Crippen LogP contribution in [0.15, 0.2) is 23.3 Å². The number of hydrogen-bond acceptors (Lipinski definition) is 0. The van der Waals surface area contributed by atoms with Crippen LogP contribution in [0.5, 0.6) is 0 Å². The lowest BCUT2D eigenvalue weighted by molar-refractivity contribution is 0.662.